The van der Waals surface area contributed by atoms with Crippen molar-refractivity contribution in [1.29, 1.82) is 0 Å². The second-order valence-corrected chi connectivity index (χ2v) is 6.08. The molecule has 0 fully saturated rings. The number of hydrogen-bond donors (Lipinski definition) is 0. The van der Waals surface area contributed by atoms with E-state index in [0.29, 0.717) is 0 Å². The standard InChI is InChI=1S/C22H22/c1-17-11-12-22(13-18(17)2)16-21-10-6-9-20(15-21)14-19-7-4-3-5-8-19/h3-13,15H,14,16H2,1-2H3. The topological polar surface area (TPSA) is 0 Å². The predicted octanol–water partition coefficient (Wildman–Crippen LogP) is 5.49. The van der Waals surface area contributed by atoms with E-state index in [1.54, 1.807) is 0 Å². The van der Waals surface area contributed by atoms with Gasteiger partial charge in [0.05, 0.1) is 0 Å². The lowest BCUT2D eigenvalue weighted by Crippen LogP contribution is -1.93. The summed E-state index contributed by atoms with van der Waals surface area (Å²) in [5.74, 6) is 0. The molecule has 0 spiro atoms. The molecule has 0 heteroatoms. The summed E-state index contributed by atoms with van der Waals surface area (Å²) in [7, 11) is 0. The molecule has 3 rings (SSSR count). The van der Waals surface area contributed by atoms with Gasteiger partial charge in [-0.25, -0.2) is 0 Å². The summed E-state index contributed by atoms with van der Waals surface area (Å²) in [6.45, 7) is 4.35. The normalized spacial score (nSPS) is 10.6. The first kappa shape index (κ1) is 14.6. The smallest absolute Gasteiger partial charge is 0.00256 e. The maximum absolute atomic E-state index is 2.34. The first-order valence-corrected chi connectivity index (χ1v) is 7.88. The lowest BCUT2D eigenvalue weighted by Gasteiger charge is -2.08. The van der Waals surface area contributed by atoms with E-state index < -0.39 is 0 Å². The summed E-state index contributed by atoms with van der Waals surface area (Å²) in [6, 6.07) is 26.4. The Hall–Kier alpha value is -2.34. The minimum Gasteiger partial charge on any atom is -0.0622 e. The van der Waals surface area contributed by atoms with Gasteiger partial charge >= 0.3 is 0 Å². The zero-order valence-corrected chi connectivity index (χ0v) is 13.3. The van der Waals surface area contributed by atoms with Crippen LogP contribution in [0.3, 0.4) is 0 Å². The van der Waals surface area contributed by atoms with E-state index in [4.69, 9.17) is 0 Å². The van der Waals surface area contributed by atoms with Gasteiger partial charge in [0.1, 0.15) is 0 Å². The van der Waals surface area contributed by atoms with Crippen LogP contribution in [0.25, 0.3) is 0 Å². The van der Waals surface area contributed by atoms with Crippen molar-refractivity contribution in [1.82, 2.24) is 0 Å². The molecule has 0 saturated carbocycles. The van der Waals surface area contributed by atoms with Crippen molar-refractivity contribution in [3.63, 3.8) is 0 Å². The maximum atomic E-state index is 2.34. The van der Waals surface area contributed by atoms with E-state index in [1.165, 1.54) is 33.4 Å². The molecule has 3 aromatic rings. The number of rotatable bonds is 4. The van der Waals surface area contributed by atoms with Crippen molar-refractivity contribution in [2.45, 2.75) is 26.7 Å². The Labute approximate surface area is 133 Å². The fourth-order valence-corrected chi connectivity index (χ4v) is 2.83. The average Bonchev–Trinajstić information content (AvgIpc) is 2.52. The molecule has 3 aromatic carbocycles. The van der Waals surface area contributed by atoms with Gasteiger partial charge in [-0.2, -0.15) is 0 Å². The Kier molecular flexibility index (Phi) is 4.39. The molecule has 0 heterocycles. The van der Waals surface area contributed by atoms with Gasteiger partial charge in [-0.3, -0.25) is 0 Å². The third-order valence-corrected chi connectivity index (χ3v) is 4.22. The van der Waals surface area contributed by atoms with Gasteiger partial charge in [-0.05, 0) is 60.1 Å². The maximum Gasteiger partial charge on any atom is -0.00256 e. The van der Waals surface area contributed by atoms with Crippen LogP contribution in [0.1, 0.15) is 33.4 Å². The fraction of sp³-hybridized carbons (Fsp3) is 0.182. The zero-order valence-electron chi connectivity index (χ0n) is 13.3. The predicted molar refractivity (Wildman–Crippen MR) is 94.4 cm³/mol. The first-order valence-electron chi connectivity index (χ1n) is 7.88. The molecule has 22 heavy (non-hydrogen) atoms. The Morgan fingerprint density at radius 3 is 1.77 bits per heavy atom. The van der Waals surface area contributed by atoms with Crippen LogP contribution >= 0.6 is 0 Å². The fourth-order valence-electron chi connectivity index (χ4n) is 2.83. The molecule has 0 aliphatic carbocycles. The van der Waals surface area contributed by atoms with Crippen LogP contribution in [0, 0.1) is 13.8 Å². The van der Waals surface area contributed by atoms with Crippen molar-refractivity contribution < 1.29 is 0 Å². The highest BCUT2D eigenvalue weighted by molar-refractivity contribution is 5.35. The molecule has 0 aromatic heterocycles. The molecular formula is C22H22. The summed E-state index contributed by atoms with van der Waals surface area (Å²) in [5, 5.41) is 0. The van der Waals surface area contributed by atoms with Crippen LogP contribution in [-0.4, -0.2) is 0 Å². The second kappa shape index (κ2) is 6.62. The van der Waals surface area contributed by atoms with E-state index in [0.717, 1.165) is 12.8 Å². The SMILES string of the molecule is Cc1ccc(Cc2cccc(Cc3ccccc3)c2)cc1C. The Balaban J connectivity index is 1.77. The molecule has 0 atom stereocenters. The molecule has 0 amide bonds. The first-order chi connectivity index (χ1) is 10.7. The molecular weight excluding hydrogens is 264 g/mol. The van der Waals surface area contributed by atoms with Gasteiger partial charge in [0.15, 0.2) is 0 Å². The molecule has 0 bridgehead atoms. The number of benzene rings is 3. The summed E-state index contributed by atoms with van der Waals surface area (Å²) >= 11 is 0. The largest absolute Gasteiger partial charge is 0.0622 e. The molecule has 0 unspecified atom stereocenters. The summed E-state index contributed by atoms with van der Waals surface area (Å²) in [4.78, 5) is 0. The highest BCUT2D eigenvalue weighted by atomic mass is 14.1. The van der Waals surface area contributed by atoms with Crippen molar-refractivity contribution >= 4 is 0 Å². The highest BCUT2D eigenvalue weighted by Crippen LogP contribution is 2.17. The second-order valence-electron chi connectivity index (χ2n) is 6.08. The van der Waals surface area contributed by atoms with Crippen LogP contribution in [0.5, 0.6) is 0 Å². The third-order valence-electron chi connectivity index (χ3n) is 4.22. The summed E-state index contributed by atoms with van der Waals surface area (Å²) in [5.41, 5.74) is 8.26. The van der Waals surface area contributed by atoms with E-state index >= 15 is 0 Å². The molecule has 0 aliphatic heterocycles. The molecule has 0 aliphatic rings. The van der Waals surface area contributed by atoms with Crippen molar-refractivity contribution in [3.8, 4) is 0 Å². The van der Waals surface area contributed by atoms with Crippen LogP contribution in [0.15, 0.2) is 72.8 Å². The Bertz CT molecular complexity index is 754. The summed E-state index contributed by atoms with van der Waals surface area (Å²) < 4.78 is 0. The summed E-state index contributed by atoms with van der Waals surface area (Å²) in [6.07, 6.45) is 2.01. The van der Waals surface area contributed by atoms with Crippen LogP contribution in [0.2, 0.25) is 0 Å². The van der Waals surface area contributed by atoms with E-state index in [-0.39, 0.29) is 0 Å². The van der Waals surface area contributed by atoms with E-state index in [9.17, 15) is 0 Å². The monoisotopic (exact) mass is 286 g/mol. The third kappa shape index (κ3) is 3.65. The van der Waals surface area contributed by atoms with E-state index in [2.05, 4.69) is 86.6 Å². The van der Waals surface area contributed by atoms with Crippen LogP contribution in [-0.2, 0) is 12.8 Å². The Morgan fingerprint density at radius 2 is 1.09 bits per heavy atom. The van der Waals surface area contributed by atoms with E-state index in [1.807, 2.05) is 0 Å². The van der Waals surface area contributed by atoms with Crippen LogP contribution in [0.4, 0.5) is 0 Å². The molecule has 0 nitrogen and oxygen atoms in total. The minimum atomic E-state index is 1.00. The van der Waals surface area contributed by atoms with Gasteiger partial charge in [0.2, 0.25) is 0 Å². The van der Waals surface area contributed by atoms with Gasteiger partial charge in [0, 0.05) is 0 Å². The lowest BCUT2D eigenvalue weighted by molar-refractivity contribution is 1.13. The Morgan fingerprint density at radius 1 is 0.500 bits per heavy atom. The number of aryl methyl sites for hydroxylation is 2. The lowest BCUT2D eigenvalue weighted by atomic mass is 9.97. The zero-order chi connectivity index (χ0) is 15.4. The average molecular weight is 286 g/mol. The quantitative estimate of drug-likeness (QED) is 0.595. The molecule has 0 N–H and O–H groups in total. The molecule has 0 saturated heterocycles. The highest BCUT2D eigenvalue weighted by Gasteiger charge is 2.01. The van der Waals surface area contributed by atoms with Gasteiger partial charge < -0.3 is 0 Å². The molecule has 110 valence electrons. The van der Waals surface area contributed by atoms with Crippen molar-refractivity contribution in [2.24, 2.45) is 0 Å². The number of hydrogen-bond acceptors (Lipinski definition) is 0. The molecule has 0 radical (unpaired) electrons. The van der Waals surface area contributed by atoms with Gasteiger partial charge in [-0.1, -0.05) is 72.8 Å². The van der Waals surface area contributed by atoms with Crippen LogP contribution < -0.4 is 0 Å². The minimum absolute atomic E-state index is 1.00. The van der Waals surface area contributed by atoms with Crippen molar-refractivity contribution in [3.05, 3.63) is 106 Å². The van der Waals surface area contributed by atoms with Gasteiger partial charge in [-0.15, -0.1) is 0 Å². The van der Waals surface area contributed by atoms with Crippen molar-refractivity contribution in [2.75, 3.05) is 0 Å². The van der Waals surface area contributed by atoms with Gasteiger partial charge in [0.25, 0.3) is 0 Å².